The fourth-order valence-corrected chi connectivity index (χ4v) is 2.35. The highest BCUT2D eigenvalue weighted by molar-refractivity contribution is 5.72. The summed E-state index contributed by atoms with van der Waals surface area (Å²) in [5, 5.41) is 4.26. The Morgan fingerprint density at radius 3 is 2.84 bits per heavy atom. The van der Waals surface area contributed by atoms with Gasteiger partial charge in [-0.25, -0.2) is 14.1 Å². The van der Waals surface area contributed by atoms with Gasteiger partial charge in [0.25, 0.3) is 0 Å². The van der Waals surface area contributed by atoms with Gasteiger partial charge < -0.3 is 0 Å². The lowest BCUT2D eigenvalue weighted by atomic mass is 10.0. The van der Waals surface area contributed by atoms with Gasteiger partial charge in [0, 0.05) is 6.42 Å². The molecular formula is C14H12FN3O. The van der Waals surface area contributed by atoms with Crippen molar-refractivity contribution in [3.8, 4) is 0 Å². The van der Waals surface area contributed by atoms with Crippen molar-refractivity contribution < 1.29 is 9.18 Å². The Kier molecular flexibility index (Phi) is 2.95. The molecular weight excluding hydrogens is 245 g/mol. The van der Waals surface area contributed by atoms with Crippen molar-refractivity contribution in [2.24, 2.45) is 0 Å². The zero-order valence-electron chi connectivity index (χ0n) is 10.1. The Bertz CT molecular complexity index is 621. The average Bonchev–Trinajstić information content (AvgIpc) is 2.98. The SMILES string of the molecule is O=C/C=C/c1nc2n(n1)C(c1ccccc1)CC2F. The van der Waals surface area contributed by atoms with Gasteiger partial charge in [-0.1, -0.05) is 30.3 Å². The third-order valence-electron chi connectivity index (χ3n) is 3.19. The van der Waals surface area contributed by atoms with Crippen LogP contribution in [0.4, 0.5) is 4.39 Å². The number of fused-ring (bicyclic) bond motifs is 1. The molecule has 2 unspecified atom stereocenters. The van der Waals surface area contributed by atoms with Crippen LogP contribution in [0.1, 0.15) is 35.8 Å². The Morgan fingerprint density at radius 2 is 2.11 bits per heavy atom. The summed E-state index contributed by atoms with van der Waals surface area (Å²) >= 11 is 0. The molecule has 1 aliphatic heterocycles. The number of hydrogen-bond acceptors (Lipinski definition) is 3. The van der Waals surface area contributed by atoms with Crippen LogP contribution in [0.5, 0.6) is 0 Å². The molecule has 0 spiro atoms. The van der Waals surface area contributed by atoms with E-state index in [2.05, 4.69) is 10.1 Å². The third kappa shape index (κ3) is 2.07. The number of hydrogen-bond donors (Lipinski definition) is 0. The molecule has 0 bridgehead atoms. The molecule has 0 saturated heterocycles. The largest absolute Gasteiger partial charge is 0.299 e. The summed E-state index contributed by atoms with van der Waals surface area (Å²) in [5.41, 5.74) is 1.01. The molecule has 5 heteroatoms. The van der Waals surface area contributed by atoms with Crippen LogP contribution in [0.3, 0.4) is 0 Å². The van der Waals surface area contributed by atoms with Crippen LogP contribution in [-0.2, 0) is 4.79 Å². The maximum Gasteiger partial charge on any atom is 0.174 e. The van der Waals surface area contributed by atoms with Crippen LogP contribution in [0.15, 0.2) is 36.4 Å². The summed E-state index contributed by atoms with van der Waals surface area (Å²) in [4.78, 5) is 14.4. The lowest BCUT2D eigenvalue weighted by Crippen LogP contribution is -2.07. The molecule has 0 amide bonds. The van der Waals surface area contributed by atoms with Crippen LogP contribution in [0, 0.1) is 0 Å². The zero-order valence-corrected chi connectivity index (χ0v) is 10.1. The molecule has 2 heterocycles. The number of carbonyl (C=O) groups is 1. The normalized spacial score (nSPS) is 21.7. The molecule has 1 aromatic heterocycles. The van der Waals surface area contributed by atoms with Gasteiger partial charge in [0.05, 0.1) is 6.04 Å². The highest BCUT2D eigenvalue weighted by Gasteiger charge is 2.34. The average molecular weight is 257 g/mol. The van der Waals surface area contributed by atoms with Crippen molar-refractivity contribution in [3.63, 3.8) is 0 Å². The molecule has 0 saturated carbocycles. The van der Waals surface area contributed by atoms with Crippen molar-refractivity contribution in [1.29, 1.82) is 0 Å². The fourth-order valence-electron chi connectivity index (χ4n) is 2.35. The highest BCUT2D eigenvalue weighted by atomic mass is 19.1. The van der Waals surface area contributed by atoms with Crippen molar-refractivity contribution in [3.05, 3.63) is 53.6 Å². The number of aldehydes is 1. The second-order valence-corrected chi connectivity index (χ2v) is 4.40. The first-order valence-electron chi connectivity index (χ1n) is 6.07. The van der Waals surface area contributed by atoms with E-state index in [9.17, 15) is 9.18 Å². The Labute approximate surface area is 109 Å². The maximum absolute atomic E-state index is 14.0. The number of benzene rings is 1. The summed E-state index contributed by atoms with van der Waals surface area (Å²) in [7, 11) is 0. The minimum absolute atomic E-state index is 0.128. The van der Waals surface area contributed by atoms with Gasteiger partial charge in [0.15, 0.2) is 17.8 Å². The lowest BCUT2D eigenvalue weighted by Gasteiger charge is -2.11. The first-order chi connectivity index (χ1) is 9.29. The van der Waals surface area contributed by atoms with E-state index >= 15 is 0 Å². The first-order valence-corrected chi connectivity index (χ1v) is 6.07. The Morgan fingerprint density at radius 1 is 1.32 bits per heavy atom. The summed E-state index contributed by atoms with van der Waals surface area (Å²) < 4.78 is 15.6. The number of nitrogens with zero attached hydrogens (tertiary/aromatic N) is 3. The molecule has 4 nitrogen and oxygen atoms in total. The predicted molar refractivity (Wildman–Crippen MR) is 68.2 cm³/mol. The van der Waals surface area contributed by atoms with Gasteiger partial charge in [-0.05, 0) is 17.7 Å². The van der Waals surface area contributed by atoms with Crippen LogP contribution >= 0.6 is 0 Å². The van der Waals surface area contributed by atoms with E-state index in [1.165, 1.54) is 12.2 Å². The fraction of sp³-hybridized carbons (Fsp3) is 0.214. The second-order valence-electron chi connectivity index (χ2n) is 4.40. The van der Waals surface area contributed by atoms with Gasteiger partial charge in [0.2, 0.25) is 0 Å². The highest BCUT2D eigenvalue weighted by Crippen LogP contribution is 2.39. The summed E-state index contributed by atoms with van der Waals surface area (Å²) in [6.45, 7) is 0. The van der Waals surface area contributed by atoms with E-state index in [1.807, 2.05) is 30.3 Å². The molecule has 1 aromatic carbocycles. The van der Waals surface area contributed by atoms with Gasteiger partial charge in [-0.2, -0.15) is 5.10 Å². The maximum atomic E-state index is 14.0. The van der Waals surface area contributed by atoms with Crippen molar-refractivity contribution in [1.82, 2.24) is 14.8 Å². The molecule has 19 heavy (non-hydrogen) atoms. The van der Waals surface area contributed by atoms with E-state index in [-0.39, 0.29) is 6.04 Å². The minimum atomic E-state index is -1.11. The number of rotatable bonds is 3. The molecule has 96 valence electrons. The zero-order chi connectivity index (χ0) is 13.2. The van der Waals surface area contributed by atoms with Gasteiger partial charge in [-0.3, -0.25) is 4.79 Å². The van der Waals surface area contributed by atoms with Crippen LogP contribution in [-0.4, -0.2) is 21.1 Å². The number of aromatic nitrogens is 3. The molecule has 1 aliphatic rings. The van der Waals surface area contributed by atoms with Crippen molar-refractivity contribution >= 4 is 12.4 Å². The van der Waals surface area contributed by atoms with Crippen LogP contribution < -0.4 is 0 Å². The predicted octanol–water partition coefficient (Wildman–Crippen LogP) is 2.49. The topological polar surface area (TPSA) is 47.8 Å². The Balaban J connectivity index is 1.99. The van der Waals surface area contributed by atoms with E-state index in [0.29, 0.717) is 24.4 Å². The number of alkyl halides is 1. The summed E-state index contributed by atoms with van der Waals surface area (Å²) in [5.74, 6) is 0.699. The summed E-state index contributed by atoms with van der Waals surface area (Å²) in [6.07, 6.45) is 2.67. The molecule has 0 N–H and O–H groups in total. The standard InChI is InChI=1S/C14H12FN3O/c15-11-9-12(10-5-2-1-3-6-10)18-14(11)16-13(17-18)7-4-8-19/h1-8,11-12H,9H2/b7-4+. The van der Waals surface area contributed by atoms with Gasteiger partial charge in [-0.15, -0.1) is 0 Å². The van der Waals surface area contributed by atoms with Crippen molar-refractivity contribution in [2.75, 3.05) is 0 Å². The number of halogens is 1. The van der Waals surface area contributed by atoms with E-state index in [1.54, 1.807) is 4.68 Å². The molecule has 0 radical (unpaired) electrons. The second kappa shape index (κ2) is 4.76. The minimum Gasteiger partial charge on any atom is -0.299 e. The lowest BCUT2D eigenvalue weighted by molar-refractivity contribution is -0.104. The van der Waals surface area contributed by atoms with Crippen LogP contribution in [0.2, 0.25) is 0 Å². The molecule has 3 rings (SSSR count). The Hall–Kier alpha value is -2.30. The van der Waals surface area contributed by atoms with Gasteiger partial charge in [0.1, 0.15) is 6.29 Å². The van der Waals surface area contributed by atoms with Crippen molar-refractivity contribution in [2.45, 2.75) is 18.6 Å². The van der Waals surface area contributed by atoms with E-state index < -0.39 is 6.17 Å². The molecule has 2 atom stereocenters. The molecule has 0 aliphatic carbocycles. The number of allylic oxidation sites excluding steroid dienone is 1. The monoisotopic (exact) mass is 257 g/mol. The third-order valence-corrected chi connectivity index (χ3v) is 3.19. The smallest absolute Gasteiger partial charge is 0.174 e. The van der Waals surface area contributed by atoms with E-state index in [0.717, 1.165) is 5.56 Å². The number of carbonyl (C=O) groups excluding carboxylic acids is 1. The van der Waals surface area contributed by atoms with E-state index in [4.69, 9.17) is 0 Å². The molecule has 0 fully saturated rings. The molecule has 2 aromatic rings. The summed E-state index contributed by atoms with van der Waals surface area (Å²) in [6, 6.07) is 9.54. The van der Waals surface area contributed by atoms with Gasteiger partial charge >= 0.3 is 0 Å². The first kappa shape index (κ1) is 11.8. The quantitative estimate of drug-likeness (QED) is 0.627. The van der Waals surface area contributed by atoms with Crippen LogP contribution in [0.25, 0.3) is 6.08 Å².